The first kappa shape index (κ1) is 16.2. The van der Waals surface area contributed by atoms with Gasteiger partial charge in [0.25, 0.3) is 0 Å². The number of hydrogen-bond donors (Lipinski definition) is 0. The van der Waals surface area contributed by atoms with Crippen molar-refractivity contribution < 1.29 is 18.0 Å². The second-order valence-corrected chi connectivity index (χ2v) is 6.14. The fourth-order valence-corrected chi connectivity index (χ4v) is 2.69. The lowest BCUT2D eigenvalue weighted by molar-refractivity contribution is 0.208. The van der Waals surface area contributed by atoms with E-state index in [4.69, 9.17) is 13.5 Å². The van der Waals surface area contributed by atoms with E-state index in [1.54, 1.807) is 24.5 Å². The molecule has 4 nitrogen and oxygen atoms in total. The largest absolute Gasteiger partial charge is 0.465 e. The Kier molecular flexibility index (Phi) is 7.80. The molecule has 0 amide bonds. The van der Waals surface area contributed by atoms with Crippen molar-refractivity contribution in [3.05, 3.63) is 30.0 Å². The zero-order valence-corrected chi connectivity index (χ0v) is 12.6. The standard InChI is InChI=1S/C14H23O4P/c1-3-5-11-17-19(15,18-12-6-4-2)13-9-14-8-7-10-16-14/h7-10,13H,3-6,11-12H2,1-2H3/b13-9+. The maximum Gasteiger partial charge on any atom is 0.354 e. The van der Waals surface area contributed by atoms with E-state index in [9.17, 15) is 4.57 Å². The van der Waals surface area contributed by atoms with Crippen LogP contribution in [0.25, 0.3) is 6.08 Å². The zero-order chi connectivity index (χ0) is 14.0. The molecule has 0 aliphatic carbocycles. The molecule has 0 radical (unpaired) electrons. The normalized spacial score (nSPS) is 12.3. The van der Waals surface area contributed by atoms with Gasteiger partial charge >= 0.3 is 7.60 Å². The van der Waals surface area contributed by atoms with Crippen LogP contribution in [0.5, 0.6) is 0 Å². The van der Waals surface area contributed by atoms with Crippen molar-refractivity contribution in [2.75, 3.05) is 13.2 Å². The van der Waals surface area contributed by atoms with E-state index in [-0.39, 0.29) is 0 Å². The van der Waals surface area contributed by atoms with Crippen LogP contribution in [0.2, 0.25) is 0 Å². The van der Waals surface area contributed by atoms with Crippen LogP contribution in [-0.2, 0) is 13.6 Å². The summed E-state index contributed by atoms with van der Waals surface area (Å²) in [6.07, 6.45) is 6.94. The molecule has 0 aliphatic heterocycles. The van der Waals surface area contributed by atoms with Crippen molar-refractivity contribution in [3.8, 4) is 0 Å². The van der Waals surface area contributed by atoms with Gasteiger partial charge in [-0.05, 0) is 31.1 Å². The highest BCUT2D eigenvalue weighted by Gasteiger charge is 2.20. The molecular formula is C14H23O4P. The Hall–Kier alpha value is -0.830. The highest BCUT2D eigenvalue weighted by atomic mass is 31.2. The van der Waals surface area contributed by atoms with Crippen LogP contribution in [0.1, 0.15) is 45.3 Å². The van der Waals surface area contributed by atoms with E-state index < -0.39 is 7.60 Å². The van der Waals surface area contributed by atoms with Crippen LogP contribution in [0.4, 0.5) is 0 Å². The van der Waals surface area contributed by atoms with E-state index in [0.29, 0.717) is 19.0 Å². The van der Waals surface area contributed by atoms with Crippen molar-refractivity contribution in [2.24, 2.45) is 0 Å². The quantitative estimate of drug-likeness (QED) is 0.444. The molecule has 5 heteroatoms. The van der Waals surface area contributed by atoms with E-state index in [0.717, 1.165) is 25.7 Å². The molecule has 0 bridgehead atoms. The van der Waals surface area contributed by atoms with E-state index in [2.05, 4.69) is 13.8 Å². The minimum absolute atomic E-state index is 0.447. The summed E-state index contributed by atoms with van der Waals surface area (Å²) in [4.78, 5) is 0. The van der Waals surface area contributed by atoms with Crippen LogP contribution in [-0.4, -0.2) is 13.2 Å². The molecule has 1 aromatic rings. The Balaban J connectivity index is 2.59. The van der Waals surface area contributed by atoms with Crippen LogP contribution >= 0.6 is 7.60 Å². The minimum Gasteiger partial charge on any atom is -0.465 e. The van der Waals surface area contributed by atoms with Gasteiger partial charge in [-0.15, -0.1) is 0 Å². The van der Waals surface area contributed by atoms with Crippen LogP contribution in [0, 0.1) is 0 Å². The third-order valence-electron chi connectivity index (χ3n) is 2.50. The fraction of sp³-hybridized carbons (Fsp3) is 0.571. The van der Waals surface area contributed by atoms with Gasteiger partial charge in [0.1, 0.15) is 5.76 Å². The van der Waals surface area contributed by atoms with Crippen molar-refractivity contribution in [1.82, 2.24) is 0 Å². The Labute approximate surface area is 115 Å². The van der Waals surface area contributed by atoms with Gasteiger partial charge in [-0.25, -0.2) is 0 Å². The van der Waals surface area contributed by atoms with Gasteiger partial charge in [0.2, 0.25) is 0 Å². The number of furan rings is 1. The first-order chi connectivity index (χ1) is 9.20. The number of hydrogen-bond acceptors (Lipinski definition) is 4. The predicted octanol–water partition coefficient (Wildman–Crippen LogP) is 5.08. The maximum absolute atomic E-state index is 12.5. The molecule has 1 rings (SSSR count). The predicted molar refractivity (Wildman–Crippen MR) is 77.1 cm³/mol. The van der Waals surface area contributed by atoms with Gasteiger partial charge in [-0.2, -0.15) is 0 Å². The van der Waals surface area contributed by atoms with E-state index in [1.807, 2.05) is 0 Å². The average Bonchev–Trinajstić information content (AvgIpc) is 2.91. The smallest absolute Gasteiger partial charge is 0.354 e. The van der Waals surface area contributed by atoms with E-state index >= 15 is 0 Å². The molecule has 0 atom stereocenters. The van der Waals surface area contributed by atoms with Crippen molar-refractivity contribution in [1.29, 1.82) is 0 Å². The lowest BCUT2D eigenvalue weighted by atomic mass is 10.4. The van der Waals surface area contributed by atoms with Crippen LogP contribution < -0.4 is 0 Å². The zero-order valence-electron chi connectivity index (χ0n) is 11.7. The van der Waals surface area contributed by atoms with Crippen molar-refractivity contribution in [3.63, 3.8) is 0 Å². The first-order valence-electron chi connectivity index (χ1n) is 6.81. The van der Waals surface area contributed by atoms with Crippen molar-refractivity contribution >= 4 is 13.7 Å². The molecule has 0 fully saturated rings. The molecule has 0 aliphatic rings. The maximum atomic E-state index is 12.5. The topological polar surface area (TPSA) is 48.7 Å². The minimum atomic E-state index is -3.16. The third-order valence-corrected chi connectivity index (χ3v) is 4.10. The molecule has 0 unspecified atom stereocenters. The van der Waals surface area contributed by atoms with Gasteiger partial charge in [-0.1, -0.05) is 26.7 Å². The first-order valence-corrected chi connectivity index (χ1v) is 8.43. The molecule has 0 saturated heterocycles. The van der Waals surface area contributed by atoms with Crippen molar-refractivity contribution in [2.45, 2.75) is 39.5 Å². The monoisotopic (exact) mass is 286 g/mol. The second-order valence-electron chi connectivity index (χ2n) is 4.24. The summed E-state index contributed by atoms with van der Waals surface area (Å²) in [6, 6.07) is 3.57. The van der Waals surface area contributed by atoms with Gasteiger partial charge < -0.3 is 13.5 Å². The number of unbranched alkanes of at least 4 members (excludes halogenated alkanes) is 2. The Morgan fingerprint density at radius 2 is 1.84 bits per heavy atom. The summed E-state index contributed by atoms with van der Waals surface area (Å²) in [6.45, 7) is 5.01. The molecular weight excluding hydrogens is 263 g/mol. The Morgan fingerprint density at radius 3 is 2.32 bits per heavy atom. The molecule has 108 valence electrons. The summed E-state index contributed by atoms with van der Waals surface area (Å²) >= 11 is 0. The van der Waals surface area contributed by atoms with Gasteiger partial charge in [0, 0.05) is 5.82 Å². The third kappa shape index (κ3) is 6.76. The Bertz CT molecular complexity index is 384. The molecule has 0 saturated carbocycles. The van der Waals surface area contributed by atoms with E-state index in [1.165, 1.54) is 5.82 Å². The molecule has 0 aromatic carbocycles. The highest BCUT2D eigenvalue weighted by molar-refractivity contribution is 7.57. The summed E-state index contributed by atoms with van der Waals surface area (Å²) < 4.78 is 28.5. The van der Waals surface area contributed by atoms with Gasteiger partial charge in [0.05, 0.1) is 19.5 Å². The van der Waals surface area contributed by atoms with Crippen LogP contribution in [0.15, 0.2) is 28.6 Å². The highest BCUT2D eigenvalue weighted by Crippen LogP contribution is 2.50. The summed E-state index contributed by atoms with van der Waals surface area (Å²) in [5.74, 6) is 2.12. The molecule has 0 spiro atoms. The van der Waals surface area contributed by atoms with Gasteiger partial charge in [0.15, 0.2) is 0 Å². The summed E-state index contributed by atoms with van der Waals surface area (Å²) in [5, 5.41) is 0. The average molecular weight is 286 g/mol. The SMILES string of the molecule is CCCCOP(=O)(/C=C/c1ccco1)OCCCC. The van der Waals surface area contributed by atoms with Gasteiger partial charge in [-0.3, -0.25) is 4.57 Å². The lowest BCUT2D eigenvalue weighted by Gasteiger charge is -2.14. The Morgan fingerprint density at radius 1 is 1.21 bits per heavy atom. The number of rotatable bonds is 10. The lowest BCUT2D eigenvalue weighted by Crippen LogP contribution is -1.97. The summed E-state index contributed by atoms with van der Waals surface area (Å²) in [7, 11) is -3.16. The molecule has 1 heterocycles. The second kappa shape index (κ2) is 9.13. The van der Waals surface area contributed by atoms with Crippen LogP contribution in [0.3, 0.4) is 0 Å². The molecule has 0 N–H and O–H groups in total. The fourth-order valence-electron chi connectivity index (χ4n) is 1.35. The molecule has 1 aromatic heterocycles. The molecule has 19 heavy (non-hydrogen) atoms. The summed E-state index contributed by atoms with van der Waals surface area (Å²) in [5.41, 5.74) is 0.